The Morgan fingerprint density at radius 1 is 1.28 bits per heavy atom. The third-order valence-corrected chi connectivity index (χ3v) is 2.56. The van der Waals surface area contributed by atoms with Crippen molar-refractivity contribution >= 4 is 5.82 Å². The Morgan fingerprint density at radius 3 is 2.72 bits per heavy atom. The molecule has 0 aliphatic heterocycles. The number of aryl methyl sites for hydroxylation is 2. The fourth-order valence-electron chi connectivity index (χ4n) is 1.59. The van der Waals surface area contributed by atoms with Gasteiger partial charge in [0.2, 0.25) is 0 Å². The van der Waals surface area contributed by atoms with Gasteiger partial charge in [-0.1, -0.05) is 18.2 Å². The first-order valence-electron chi connectivity index (χ1n) is 5.45. The van der Waals surface area contributed by atoms with Crippen molar-refractivity contribution in [3.8, 4) is 6.07 Å². The molecule has 0 radical (unpaired) electrons. The number of benzene rings is 1. The van der Waals surface area contributed by atoms with Crippen LogP contribution >= 0.6 is 0 Å². The predicted octanol–water partition coefficient (Wildman–Crippen LogP) is 1.85. The quantitative estimate of drug-likeness (QED) is 0.891. The molecule has 0 amide bonds. The average Bonchev–Trinajstić information content (AvgIpc) is 2.38. The van der Waals surface area contributed by atoms with Crippen LogP contribution in [0.1, 0.15) is 17.0 Å². The van der Waals surface area contributed by atoms with Gasteiger partial charge in [-0.25, -0.2) is 14.4 Å². The lowest BCUT2D eigenvalue weighted by Crippen LogP contribution is -2.04. The fourth-order valence-corrected chi connectivity index (χ4v) is 1.59. The smallest absolute Gasteiger partial charge is 0.145 e. The molecule has 0 atom stereocenters. The van der Waals surface area contributed by atoms with Crippen LogP contribution in [-0.4, -0.2) is 9.97 Å². The van der Waals surface area contributed by atoms with E-state index in [0.29, 0.717) is 24.2 Å². The molecule has 18 heavy (non-hydrogen) atoms. The maximum absolute atomic E-state index is 13.4. The number of aromatic nitrogens is 2. The summed E-state index contributed by atoms with van der Waals surface area (Å²) in [6, 6.07) is 8.47. The van der Waals surface area contributed by atoms with Crippen LogP contribution in [0.3, 0.4) is 0 Å². The van der Waals surface area contributed by atoms with Crippen LogP contribution in [0.5, 0.6) is 0 Å². The van der Waals surface area contributed by atoms with Gasteiger partial charge in [0.25, 0.3) is 0 Å². The predicted molar refractivity (Wildman–Crippen MR) is 65.0 cm³/mol. The summed E-state index contributed by atoms with van der Waals surface area (Å²) in [7, 11) is 0. The molecule has 2 rings (SSSR count). The zero-order chi connectivity index (χ0) is 13.0. The number of nitriles is 1. The first-order chi connectivity index (χ1) is 8.70. The van der Waals surface area contributed by atoms with Crippen molar-refractivity contribution in [3.63, 3.8) is 0 Å². The molecule has 0 spiro atoms. The molecule has 1 aromatic heterocycles. The van der Waals surface area contributed by atoms with Crippen LogP contribution in [-0.2, 0) is 12.8 Å². The van der Waals surface area contributed by atoms with Gasteiger partial charge >= 0.3 is 0 Å². The average molecular weight is 242 g/mol. The molecule has 90 valence electrons. The molecule has 0 bridgehead atoms. The molecule has 0 unspecified atom stereocenters. The van der Waals surface area contributed by atoms with Crippen LogP contribution in [0.2, 0.25) is 0 Å². The topological polar surface area (TPSA) is 75.6 Å². The molecule has 4 nitrogen and oxygen atoms in total. The second-order valence-electron chi connectivity index (χ2n) is 3.79. The monoisotopic (exact) mass is 242 g/mol. The van der Waals surface area contributed by atoms with Crippen LogP contribution in [0.25, 0.3) is 0 Å². The lowest BCUT2D eigenvalue weighted by atomic mass is 10.1. The van der Waals surface area contributed by atoms with Gasteiger partial charge < -0.3 is 5.73 Å². The number of nitrogens with two attached hydrogens (primary N) is 1. The molecular formula is C13H11FN4. The van der Waals surface area contributed by atoms with Crippen LogP contribution in [0, 0.1) is 17.1 Å². The Morgan fingerprint density at radius 2 is 2.06 bits per heavy atom. The van der Waals surface area contributed by atoms with Crippen molar-refractivity contribution in [2.75, 3.05) is 5.73 Å². The summed E-state index contributed by atoms with van der Waals surface area (Å²) in [6.07, 6.45) is 2.37. The van der Waals surface area contributed by atoms with E-state index in [1.165, 1.54) is 12.3 Å². The molecular weight excluding hydrogens is 231 g/mol. The summed E-state index contributed by atoms with van der Waals surface area (Å²) >= 11 is 0. The molecule has 1 heterocycles. The number of anilines is 1. The van der Waals surface area contributed by atoms with E-state index in [1.54, 1.807) is 18.2 Å². The lowest BCUT2D eigenvalue weighted by molar-refractivity contribution is 0.607. The number of hydrogen-bond acceptors (Lipinski definition) is 4. The maximum Gasteiger partial charge on any atom is 0.145 e. The molecule has 2 N–H and O–H groups in total. The number of hydrogen-bond donors (Lipinski definition) is 1. The lowest BCUT2D eigenvalue weighted by Gasteiger charge is -2.03. The number of nitrogens with zero attached hydrogens (tertiary/aromatic N) is 3. The van der Waals surface area contributed by atoms with Crippen molar-refractivity contribution in [2.45, 2.75) is 12.8 Å². The second kappa shape index (κ2) is 5.23. The van der Waals surface area contributed by atoms with E-state index < -0.39 is 0 Å². The summed E-state index contributed by atoms with van der Waals surface area (Å²) < 4.78 is 13.4. The minimum Gasteiger partial charge on any atom is -0.382 e. The van der Waals surface area contributed by atoms with Crippen molar-refractivity contribution < 1.29 is 4.39 Å². The second-order valence-corrected chi connectivity index (χ2v) is 3.79. The van der Waals surface area contributed by atoms with Gasteiger partial charge in [-0.15, -0.1) is 0 Å². The largest absolute Gasteiger partial charge is 0.382 e. The Hall–Kier alpha value is -2.48. The molecule has 0 saturated carbocycles. The van der Waals surface area contributed by atoms with E-state index in [9.17, 15) is 4.39 Å². The van der Waals surface area contributed by atoms with E-state index in [4.69, 9.17) is 11.0 Å². The molecule has 0 saturated heterocycles. The molecule has 1 aromatic carbocycles. The zero-order valence-electron chi connectivity index (χ0n) is 9.60. The van der Waals surface area contributed by atoms with Crippen LogP contribution in [0.15, 0.2) is 30.5 Å². The Balaban J connectivity index is 2.10. The highest BCUT2D eigenvalue weighted by molar-refractivity contribution is 5.46. The van der Waals surface area contributed by atoms with Gasteiger partial charge in [0.1, 0.15) is 29.1 Å². The highest BCUT2D eigenvalue weighted by Crippen LogP contribution is 2.11. The molecule has 0 fully saturated rings. The fraction of sp³-hybridized carbons (Fsp3) is 0.154. The standard InChI is InChI=1S/C13H11FN4/c14-11-4-2-1-3-9(11)5-6-12-17-8-10(7-15)13(16)18-12/h1-4,8H,5-6H2,(H2,16,17,18). The Bertz CT molecular complexity index is 604. The summed E-state index contributed by atoms with van der Waals surface area (Å²) in [5.74, 6) is 0.435. The van der Waals surface area contributed by atoms with E-state index in [0.717, 1.165) is 0 Å². The Kier molecular flexibility index (Phi) is 3.49. The number of rotatable bonds is 3. The Labute approximate surface area is 104 Å². The third kappa shape index (κ3) is 2.61. The van der Waals surface area contributed by atoms with Crippen LogP contribution in [0.4, 0.5) is 10.2 Å². The van der Waals surface area contributed by atoms with Crippen molar-refractivity contribution in [1.82, 2.24) is 9.97 Å². The summed E-state index contributed by atoms with van der Waals surface area (Å²) in [5, 5.41) is 8.69. The van der Waals surface area contributed by atoms with Gasteiger partial charge in [0.05, 0.1) is 6.20 Å². The van der Waals surface area contributed by atoms with Crippen LogP contribution < -0.4 is 5.73 Å². The first kappa shape index (κ1) is 12.0. The minimum atomic E-state index is -0.237. The SMILES string of the molecule is N#Cc1cnc(CCc2ccccc2F)nc1N. The highest BCUT2D eigenvalue weighted by Gasteiger charge is 2.05. The molecule has 0 aliphatic carbocycles. The van der Waals surface area contributed by atoms with E-state index in [1.807, 2.05) is 6.07 Å². The van der Waals surface area contributed by atoms with E-state index in [2.05, 4.69) is 9.97 Å². The van der Waals surface area contributed by atoms with Crippen molar-refractivity contribution in [1.29, 1.82) is 5.26 Å². The van der Waals surface area contributed by atoms with E-state index in [-0.39, 0.29) is 17.2 Å². The van der Waals surface area contributed by atoms with Crippen molar-refractivity contribution in [2.24, 2.45) is 0 Å². The highest BCUT2D eigenvalue weighted by atomic mass is 19.1. The summed E-state index contributed by atoms with van der Waals surface area (Å²) in [6.45, 7) is 0. The van der Waals surface area contributed by atoms with E-state index >= 15 is 0 Å². The van der Waals surface area contributed by atoms with Gasteiger partial charge in [-0.2, -0.15) is 5.26 Å². The molecule has 2 aromatic rings. The maximum atomic E-state index is 13.4. The summed E-state index contributed by atoms with van der Waals surface area (Å²) in [5.41, 5.74) is 6.45. The number of nitrogen functional groups attached to an aromatic ring is 1. The van der Waals surface area contributed by atoms with Gasteiger partial charge in [-0.3, -0.25) is 0 Å². The van der Waals surface area contributed by atoms with Gasteiger partial charge in [0, 0.05) is 6.42 Å². The third-order valence-electron chi connectivity index (χ3n) is 2.56. The first-order valence-corrected chi connectivity index (χ1v) is 5.45. The molecule has 5 heteroatoms. The van der Waals surface area contributed by atoms with Gasteiger partial charge in [0.15, 0.2) is 0 Å². The number of halogens is 1. The van der Waals surface area contributed by atoms with Gasteiger partial charge in [-0.05, 0) is 18.1 Å². The van der Waals surface area contributed by atoms with Crippen molar-refractivity contribution in [3.05, 3.63) is 53.2 Å². The zero-order valence-corrected chi connectivity index (χ0v) is 9.60. The molecule has 0 aliphatic rings. The normalized spacial score (nSPS) is 10.0. The summed E-state index contributed by atoms with van der Waals surface area (Å²) in [4.78, 5) is 8.03. The minimum absolute atomic E-state index is 0.163.